The maximum Gasteiger partial charge on any atom is 0.336 e. The number of nitrogens with one attached hydrogen (secondary N) is 1. The van der Waals surface area contributed by atoms with Gasteiger partial charge in [0.15, 0.2) is 0 Å². The van der Waals surface area contributed by atoms with Gasteiger partial charge in [0.1, 0.15) is 0 Å². The standard InChI is InChI=1S/C27H31ClN2O4/c1-4-6-13-29-26(32)21-11-7-9-19(14-21)17-30-18(3)25(27(33)34-5-2)23(16-24(30)31)20-10-8-12-22(28)15-20/h7-12,14-15,23H,4-6,13,16-17H2,1-3H3,(H,29,32). The fourth-order valence-electron chi connectivity index (χ4n) is 4.16. The van der Waals surface area contributed by atoms with E-state index in [4.69, 9.17) is 16.3 Å². The van der Waals surface area contributed by atoms with E-state index in [2.05, 4.69) is 12.2 Å². The van der Waals surface area contributed by atoms with Crippen LogP contribution in [0.2, 0.25) is 5.02 Å². The molecule has 0 fully saturated rings. The number of carbonyl (C=O) groups excluding carboxylic acids is 3. The Morgan fingerprint density at radius 1 is 1.15 bits per heavy atom. The second-order valence-corrected chi connectivity index (χ2v) is 8.76. The largest absolute Gasteiger partial charge is 0.463 e. The summed E-state index contributed by atoms with van der Waals surface area (Å²) >= 11 is 6.18. The number of amides is 2. The van der Waals surface area contributed by atoms with Crippen LogP contribution >= 0.6 is 11.6 Å². The SMILES string of the molecule is CCCCNC(=O)c1cccc(CN2C(=O)CC(c3cccc(Cl)c3)C(C(=O)OCC)=C2C)c1. The molecule has 180 valence electrons. The Morgan fingerprint density at radius 3 is 2.62 bits per heavy atom. The molecule has 2 aromatic rings. The lowest BCUT2D eigenvalue weighted by molar-refractivity contribution is -0.140. The van der Waals surface area contributed by atoms with Crippen molar-refractivity contribution in [2.45, 2.75) is 52.5 Å². The summed E-state index contributed by atoms with van der Waals surface area (Å²) in [4.78, 5) is 40.2. The number of carbonyl (C=O) groups is 3. The summed E-state index contributed by atoms with van der Waals surface area (Å²) in [5, 5.41) is 3.46. The molecule has 0 spiro atoms. The van der Waals surface area contributed by atoms with E-state index >= 15 is 0 Å². The van der Waals surface area contributed by atoms with Crippen LogP contribution in [0.15, 0.2) is 59.8 Å². The number of unbranched alkanes of at least 4 members (excludes halogenated alkanes) is 1. The van der Waals surface area contributed by atoms with Gasteiger partial charge in [-0.1, -0.05) is 49.2 Å². The van der Waals surface area contributed by atoms with Crippen LogP contribution in [0.3, 0.4) is 0 Å². The number of hydrogen-bond acceptors (Lipinski definition) is 4. The molecule has 0 aliphatic carbocycles. The van der Waals surface area contributed by atoms with Gasteiger partial charge in [-0.15, -0.1) is 0 Å². The Hall–Kier alpha value is -3.12. The van der Waals surface area contributed by atoms with Gasteiger partial charge in [-0.25, -0.2) is 4.79 Å². The molecule has 3 rings (SSSR count). The van der Waals surface area contributed by atoms with Crippen LogP contribution < -0.4 is 5.32 Å². The molecule has 1 unspecified atom stereocenters. The summed E-state index contributed by atoms with van der Waals surface area (Å²) in [6, 6.07) is 14.4. The number of rotatable bonds is 9. The maximum atomic E-state index is 13.2. The molecule has 0 bridgehead atoms. The molecule has 2 aromatic carbocycles. The average Bonchev–Trinajstić information content (AvgIpc) is 2.81. The van der Waals surface area contributed by atoms with Gasteiger partial charge in [-0.3, -0.25) is 9.59 Å². The van der Waals surface area contributed by atoms with Crippen molar-refractivity contribution in [3.8, 4) is 0 Å². The van der Waals surface area contributed by atoms with Gasteiger partial charge in [-0.2, -0.15) is 0 Å². The second kappa shape index (κ2) is 11.8. The topological polar surface area (TPSA) is 75.7 Å². The zero-order chi connectivity index (χ0) is 24.7. The molecule has 1 aliphatic rings. The van der Waals surface area contributed by atoms with Crippen molar-refractivity contribution >= 4 is 29.4 Å². The van der Waals surface area contributed by atoms with Gasteiger partial charge >= 0.3 is 5.97 Å². The van der Waals surface area contributed by atoms with Crippen LogP contribution in [0, 0.1) is 0 Å². The first-order valence-corrected chi connectivity index (χ1v) is 12.0. The van der Waals surface area contributed by atoms with Crippen LogP contribution in [0.1, 0.15) is 67.4 Å². The Kier molecular flexibility index (Phi) is 8.88. The van der Waals surface area contributed by atoms with Crippen molar-refractivity contribution < 1.29 is 19.1 Å². The van der Waals surface area contributed by atoms with Crippen molar-refractivity contribution in [2.75, 3.05) is 13.2 Å². The number of nitrogens with zero attached hydrogens (tertiary/aromatic N) is 1. The third kappa shape index (κ3) is 6.06. The average molecular weight is 483 g/mol. The van der Waals surface area contributed by atoms with Crippen molar-refractivity contribution in [3.63, 3.8) is 0 Å². The van der Waals surface area contributed by atoms with E-state index in [-0.39, 0.29) is 31.4 Å². The lowest BCUT2D eigenvalue weighted by atomic mass is 9.83. The fourth-order valence-corrected chi connectivity index (χ4v) is 4.36. The fraction of sp³-hybridized carbons (Fsp3) is 0.370. The molecule has 7 heteroatoms. The number of allylic oxidation sites excluding steroid dienone is 1. The van der Waals surface area contributed by atoms with Crippen LogP contribution in [0.4, 0.5) is 0 Å². The van der Waals surface area contributed by atoms with Crippen molar-refractivity contribution in [2.24, 2.45) is 0 Å². The van der Waals surface area contributed by atoms with E-state index in [1.54, 1.807) is 49.1 Å². The maximum absolute atomic E-state index is 13.2. The minimum absolute atomic E-state index is 0.103. The monoisotopic (exact) mass is 482 g/mol. The van der Waals surface area contributed by atoms with Crippen molar-refractivity contribution in [3.05, 3.63) is 81.5 Å². The van der Waals surface area contributed by atoms with E-state index in [0.717, 1.165) is 24.0 Å². The minimum Gasteiger partial charge on any atom is -0.463 e. The van der Waals surface area contributed by atoms with Crippen LogP contribution in [0.25, 0.3) is 0 Å². The summed E-state index contributed by atoms with van der Waals surface area (Å²) in [5.41, 5.74) is 3.16. The van der Waals surface area contributed by atoms with Crippen molar-refractivity contribution in [1.29, 1.82) is 0 Å². The highest BCUT2D eigenvalue weighted by molar-refractivity contribution is 6.30. The highest BCUT2D eigenvalue weighted by atomic mass is 35.5. The normalized spacial score (nSPS) is 15.9. The molecular weight excluding hydrogens is 452 g/mol. The van der Waals surface area contributed by atoms with E-state index in [0.29, 0.717) is 28.4 Å². The van der Waals surface area contributed by atoms with E-state index in [1.807, 2.05) is 18.2 Å². The third-order valence-electron chi connectivity index (χ3n) is 5.92. The van der Waals surface area contributed by atoms with Crippen LogP contribution in [-0.2, 0) is 20.9 Å². The molecular formula is C27H31ClN2O4. The van der Waals surface area contributed by atoms with Gasteiger partial charge < -0.3 is 15.0 Å². The summed E-state index contributed by atoms with van der Waals surface area (Å²) in [7, 11) is 0. The molecule has 34 heavy (non-hydrogen) atoms. The Morgan fingerprint density at radius 2 is 1.91 bits per heavy atom. The highest BCUT2D eigenvalue weighted by Gasteiger charge is 2.37. The van der Waals surface area contributed by atoms with Crippen molar-refractivity contribution in [1.82, 2.24) is 10.2 Å². The predicted octanol–water partition coefficient (Wildman–Crippen LogP) is 5.22. The summed E-state index contributed by atoms with van der Waals surface area (Å²) in [5.74, 6) is -1.11. The van der Waals surface area contributed by atoms with Gasteiger partial charge in [0.05, 0.1) is 18.7 Å². The molecule has 2 amide bonds. The molecule has 1 aliphatic heterocycles. The number of benzene rings is 2. The summed E-state index contributed by atoms with van der Waals surface area (Å²) < 4.78 is 5.34. The number of hydrogen-bond donors (Lipinski definition) is 1. The van der Waals surface area contributed by atoms with Gasteiger partial charge in [0.25, 0.3) is 5.91 Å². The van der Waals surface area contributed by atoms with E-state index in [9.17, 15) is 14.4 Å². The molecule has 1 N–H and O–H groups in total. The lowest BCUT2D eigenvalue weighted by Crippen LogP contribution is -2.38. The number of ether oxygens (including phenoxy) is 1. The van der Waals surface area contributed by atoms with Crippen LogP contribution in [-0.4, -0.2) is 35.8 Å². The highest BCUT2D eigenvalue weighted by Crippen LogP contribution is 2.38. The molecule has 0 saturated heterocycles. The minimum atomic E-state index is -0.438. The molecule has 0 saturated carbocycles. The second-order valence-electron chi connectivity index (χ2n) is 8.32. The lowest BCUT2D eigenvalue weighted by Gasteiger charge is -2.34. The van der Waals surface area contributed by atoms with Gasteiger partial charge in [-0.05, 0) is 55.7 Å². The van der Waals surface area contributed by atoms with Gasteiger partial charge in [0, 0.05) is 35.2 Å². The molecule has 6 nitrogen and oxygen atoms in total. The molecule has 0 radical (unpaired) electrons. The zero-order valence-corrected chi connectivity index (χ0v) is 20.7. The molecule has 1 atom stereocenters. The first-order chi connectivity index (χ1) is 16.3. The van der Waals surface area contributed by atoms with Gasteiger partial charge in [0.2, 0.25) is 5.91 Å². The quantitative estimate of drug-likeness (QED) is 0.392. The smallest absolute Gasteiger partial charge is 0.336 e. The zero-order valence-electron chi connectivity index (χ0n) is 19.9. The molecule has 1 heterocycles. The Labute approximate surface area is 205 Å². The molecule has 0 aromatic heterocycles. The first kappa shape index (κ1) is 25.5. The first-order valence-electron chi connectivity index (χ1n) is 11.7. The third-order valence-corrected chi connectivity index (χ3v) is 6.15. The van der Waals surface area contributed by atoms with E-state index < -0.39 is 11.9 Å². The van der Waals surface area contributed by atoms with E-state index in [1.165, 1.54) is 0 Å². The number of esters is 1. The predicted molar refractivity (Wildman–Crippen MR) is 132 cm³/mol. The van der Waals surface area contributed by atoms with Crippen LogP contribution in [0.5, 0.6) is 0 Å². The summed E-state index contributed by atoms with van der Waals surface area (Å²) in [6.45, 7) is 6.71. The Balaban J connectivity index is 1.91. The number of halogens is 1. The summed E-state index contributed by atoms with van der Waals surface area (Å²) in [6.07, 6.45) is 2.05. The Bertz CT molecular complexity index is 1100.